The number of hydrogen-bond acceptors (Lipinski definition) is 4. The lowest BCUT2D eigenvalue weighted by Gasteiger charge is -2.11. The second kappa shape index (κ2) is 5.87. The third-order valence-electron chi connectivity index (χ3n) is 3.64. The van der Waals surface area contributed by atoms with Gasteiger partial charge in [-0.1, -0.05) is 23.7 Å². The molecule has 1 atom stereocenters. The molecule has 0 radical (unpaired) electrons. The SMILES string of the molecule is O=C(O)[C@@H]1CCN(Cc2ncc(-c3cccc(Cl)c3)o2)C1. The van der Waals surface area contributed by atoms with Crippen LogP contribution in [0.15, 0.2) is 34.9 Å². The Morgan fingerprint density at radius 1 is 1.52 bits per heavy atom. The number of oxazole rings is 1. The number of nitrogens with zero attached hydrogens (tertiary/aromatic N) is 2. The number of aromatic nitrogens is 1. The summed E-state index contributed by atoms with van der Waals surface area (Å²) in [6.07, 6.45) is 2.35. The molecule has 3 rings (SSSR count). The van der Waals surface area contributed by atoms with Crippen molar-refractivity contribution in [1.82, 2.24) is 9.88 Å². The van der Waals surface area contributed by atoms with E-state index in [2.05, 4.69) is 4.98 Å². The summed E-state index contributed by atoms with van der Waals surface area (Å²) in [5.74, 6) is 0.245. The van der Waals surface area contributed by atoms with Gasteiger partial charge in [-0.2, -0.15) is 0 Å². The van der Waals surface area contributed by atoms with E-state index in [0.29, 0.717) is 36.2 Å². The molecule has 1 aliphatic heterocycles. The van der Waals surface area contributed by atoms with Gasteiger partial charge in [-0.25, -0.2) is 4.98 Å². The number of carboxylic acid groups (broad SMARTS) is 1. The van der Waals surface area contributed by atoms with E-state index in [1.165, 1.54) is 0 Å². The monoisotopic (exact) mass is 306 g/mol. The van der Waals surface area contributed by atoms with Gasteiger partial charge in [0.1, 0.15) is 0 Å². The van der Waals surface area contributed by atoms with Crippen molar-refractivity contribution in [1.29, 1.82) is 0 Å². The van der Waals surface area contributed by atoms with Gasteiger partial charge in [-0.3, -0.25) is 9.69 Å². The lowest BCUT2D eigenvalue weighted by molar-refractivity contribution is -0.141. The third-order valence-corrected chi connectivity index (χ3v) is 3.88. The van der Waals surface area contributed by atoms with Gasteiger partial charge in [0, 0.05) is 17.1 Å². The summed E-state index contributed by atoms with van der Waals surface area (Å²) < 4.78 is 5.72. The van der Waals surface area contributed by atoms with Crippen LogP contribution in [-0.4, -0.2) is 34.0 Å². The second-order valence-corrected chi connectivity index (χ2v) is 5.62. The Bertz CT molecular complexity index is 656. The van der Waals surface area contributed by atoms with Gasteiger partial charge in [0.15, 0.2) is 5.76 Å². The smallest absolute Gasteiger partial charge is 0.307 e. The summed E-state index contributed by atoms with van der Waals surface area (Å²) in [6, 6.07) is 7.39. The minimum Gasteiger partial charge on any atom is -0.481 e. The van der Waals surface area contributed by atoms with Crippen molar-refractivity contribution >= 4 is 17.6 Å². The van der Waals surface area contributed by atoms with Gasteiger partial charge >= 0.3 is 5.97 Å². The van der Waals surface area contributed by atoms with E-state index >= 15 is 0 Å². The predicted molar refractivity (Wildman–Crippen MR) is 78.0 cm³/mol. The number of halogens is 1. The number of aliphatic carboxylic acids is 1. The molecule has 1 saturated heterocycles. The average Bonchev–Trinajstić information content (AvgIpc) is 3.08. The molecule has 6 heteroatoms. The van der Waals surface area contributed by atoms with Crippen LogP contribution >= 0.6 is 11.6 Å². The van der Waals surface area contributed by atoms with Crippen molar-refractivity contribution in [3.63, 3.8) is 0 Å². The minimum atomic E-state index is -0.732. The first kappa shape index (κ1) is 14.1. The highest BCUT2D eigenvalue weighted by atomic mass is 35.5. The molecule has 2 heterocycles. The fourth-order valence-electron chi connectivity index (χ4n) is 2.53. The van der Waals surface area contributed by atoms with Crippen LogP contribution in [0.25, 0.3) is 11.3 Å². The first-order chi connectivity index (χ1) is 10.1. The van der Waals surface area contributed by atoms with Gasteiger partial charge in [0.25, 0.3) is 0 Å². The Balaban J connectivity index is 1.67. The standard InChI is InChI=1S/C15H15ClN2O3/c16-12-3-1-2-10(6-12)13-7-17-14(21-13)9-18-5-4-11(8-18)15(19)20/h1-3,6-7,11H,4-5,8-9H2,(H,19,20)/t11-/m1/s1. The molecule has 0 unspecified atom stereocenters. The summed E-state index contributed by atoms with van der Waals surface area (Å²) in [4.78, 5) is 17.2. The Hall–Kier alpha value is -1.85. The van der Waals surface area contributed by atoms with E-state index in [9.17, 15) is 4.79 Å². The van der Waals surface area contributed by atoms with Crippen LogP contribution in [0.5, 0.6) is 0 Å². The lowest BCUT2D eigenvalue weighted by Crippen LogP contribution is -2.22. The first-order valence-electron chi connectivity index (χ1n) is 6.77. The maximum absolute atomic E-state index is 10.9. The number of benzene rings is 1. The van der Waals surface area contributed by atoms with Gasteiger partial charge < -0.3 is 9.52 Å². The lowest BCUT2D eigenvalue weighted by atomic mass is 10.1. The van der Waals surface area contributed by atoms with Crippen LogP contribution in [-0.2, 0) is 11.3 Å². The van der Waals surface area contributed by atoms with Crippen molar-refractivity contribution in [2.75, 3.05) is 13.1 Å². The molecule has 21 heavy (non-hydrogen) atoms. The first-order valence-corrected chi connectivity index (χ1v) is 7.15. The quantitative estimate of drug-likeness (QED) is 0.940. The maximum Gasteiger partial charge on any atom is 0.307 e. The molecule has 5 nitrogen and oxygen atoms in total. The Morgan fingerprint density at radius 3 is 3.10 bits per heavy atom. The molecule has 0 bridgehead atoms. The van der Waals surface area contributed by atoms with Crippen molar-refractivity contribution in [2.45, 2.75) is 13.0 Å². The van der Waals surface area contributed by atoms with E-state index in [1.807, 2.05) is 23.1 Å². The van der Waals surface area contributed by atoms with Crippen LogP contribution < -0.4 is 0 Å². The minimum absolute atomic E-state index is 0.285. The summed E-state index contributed by atoms with van der Waals surface area (Å²) in [6.45, 7) is 1.83. The molecule has 0 amide bonds. The Kier molecular flexibility index (Phi) is 3.94. The molecule has 0 spiro atoms. The van der Waals surface area contributed by atoms with Crippen LogP contribution in [0.2, 0.25) is 5.02 Å². The topological polar surface area (TPSA) is 66.6 Å². The van der Waals surface area contributed by atoms with Gasteiger partial charge in [-0.15, -0.1) is 0 Å². The molecular weight excluding hydrogens is 292 g/mol. The molecule has 1 fully saturated rings. The third kappa shape index (κ3) is 3.25. The Morgan fingerprint density at radius 2 is 2.38 bits per heavy atom. The number of carboxylic acids is 1. The molecule has 110 valence electrons. The number of rotatable bonds is 4. The molecular formula is C15H15ClN2O3. The van der Waals surface area contributed by atoms with Crippen LogP contribution in [0.1, 0.15) is 12.3 Å². The number of hydrogen-bond donors (Lipinski definition) is 1. The van der Waals surface area contributed by atoms with Crippen molar-refractivity contribution < 1.29 is 14.3 Å². The largest absolute Gasteiger partial charge is 0.481 e. The van der Waals surface area contributed by atoms with E-state index in [0.717, 1.165) is 12.1 Å². The van der Waals surface area contributed by atoms with Crippen LogP contribution in [0.3, 0.4) is 0 Å². The number of carbonyl (C=O) groups is 1. The molecule has 0 aliphatic carbocycles. The summed E-state index contributed by atoms with van der Waals surface area (Å²) in [5, 5.41) is 9.65. The van der Waals surface area contributed by atoms with Crippen molar-refractivity contribution in [2.24, 2.45) is 5.92 Å². The van der Waals surface area contributed by atoms with Gasteiger partial charge in [-0.05, 0) is 25.1 Å². The van der Waals surface area contributed by atoms with Crippen molar-refractivity contribution in [3.8, 4) is 11.3 Å². The Labute approximate surface area is 127 Å². The molecule has 1 aromatic heterocycles. The summed E-state index contributed by atoms with van der Waals surface area (Å²) in [7, 11) is 0. The number of likely N-dealkylation sites (tertiary alicyclic amines) is 1. The van der Waals surface area contributed by atoms with Gasteiger partial charge in [0.2, 0.25) is 5.89 Å². The zero-order valence-electron chi connectivity index (χ0n) is 11.3. The highest BCUT2D eigenvalue weighted by molar-refractivity contribution is 6.30. The van der Waals surface area contributed by atoms with Crippen LogP contribution in [0.4, 0.5) is 0 Å². The molecule has 1 aromatic carbocycles. The van der Waals surface area contributed by atoms with Crippen molar-refractivity contribution in [3.05, 3.63) is 41.4 Å². The average molecular weight is 307 g/mol. The predicted octanol–water partition coefficient (Wildman–Crippen LogP) is 2.90. The zero-order chi connectivity index (χ0) is 14.8. The fraction of sp³-hybridized carbons (Fsp3) is 0.333. The molecule has 1 N–H and O–H groups in total. The maximum atomic E-state index is 10.9. The summed E-state index contributed by atoms with van der Waals surface area (Å²) >= 11 is 5.96. The summed E-state index contributed by atoms with van der Waals surface area (Å²) in [5.41, 5.74) is 0.881. The second-order valence-electron chi connectivity index (χ2n) is 5.19. The van der Waals surface area contributed by atoms with E-state index in [4.69, 9.17) is 21.1 Å². The van der Waals surface area contributed by atoms with E-state index in [-0.39, 0.29) is 5.92 Å². The zero-order valence-corrected chi connectivity index (χ0v) is 12.1. The van der Waals surface area contributed by atoms with E-state index < -0.39 is 5.97 Å². The fourth-order valence-corrected chi connectivity index (χ4v) is 2.72. The highest BCUT2D eigenvalue weighted by Crippen LogP contribution is 2.25. The molecule has 1 aliphatic rings. The molecule has 0 saturated carbocycles. The highest BCUT2D eigenvalue weighted by Gasteiger charge is 2.28. The molecule has 2 aromatic rings. The van der Waals surface area contributed by atoms with Gasteiger partial charge in [0.05, 0.1) is 18.7 Å². The van der Waals surface area contributed by atoms with Crippen LogP contribution in [0, 0.1) is 5.92 Å². The van der Waals surface area contributed by atoms with E-state index in [1.54, 1.807) is 12.3 Å². The normalized spacial score (nSPS) is 19.0.